The standard InChI is InChI=1S/C23H28O5/c1-12-7-13(2)18(14(3)8-12)19-20(25)16-9-23(11-26-22(5,6)28-23)10-17(16)21(19)27-15(4)24/h7-8,16-17H,9-11H2,1-6H3. The molecule has 0 amide bonds. The van der Waals surface area contributed by atoms with Crippen molar-refractivity contribution in [1.29, 1.82) is 0 Å². The molecule has 4 rings (SSSR count). The number of aryl methyl sites for hydroxylation is 3. The number of allylic oxidation sites excluding steroid dienone is 2. The Kier molecular flexibility index (Phi) is 4.32. The largest absolute Gasteiger partial charge is 0.430 e. The Labute approximate surface area is 166 Å². The summed E-state index contributed by atoms with van der Waals surface area (Å²) in [5.74, 6) is -0.858. The number of ether oxygens (including phenoxy) is 3. The first-order valence-electron chi connectivity index (χ1n) is 9.91. The van der Waals surface area contributed by atoms with Gasteiger partial charge in [-0.1, -0.05) is 17.7 Å². The monoisotopic (exact) mass is 384 g/mol. The Morgan fingerprint density at radius 1 is 1.11 bits per heavy atom. The summed E-state index contributed by atoms with van der Waals surface area (Å²) >= 11 is 0. The van der Waals surface area contributed by atoms with E-state index in [-0.39, 0.29) is 17.6 Å². The minimum atomic E-state index is -0.653. The summed E-state index contributed by atoms with van der Waals surface area (Å²) in [6.45, 7) is 11.7. The number of carbonyl (C=O) groups excluding carboxylic acids is 2. The third-order valence-electron chi connectivity index (χ3n) is 6.16. The SMILES string of the molecule is CC(=O)OC1=C(c2c(C)cc(C)cc2C)C(=O)C2CC3(COC(C)(C)O3)CC12. The first kappa shape index (κ1) is 19.3. The molecule has 5 nitrogen and oxygen atoms in total. The van der Waals surface area contributed by atoms with Crippen LogP contribution in [0.5, 0.6) is 0 Å². The fourth-order valence-electron chi connectivity index (χ4n) is 5.40. The lowest BCUT2D eigenvalue weighted by Gasteiger charge is -2.26. The number of esters is 1. The number of ketones is 1. The molecule has 1 spiro atoms. The van der Waals surface area contributed by atoms with E-state index in [1.807, 2.05) is 34.6 Å². The fourth-order valence-corrected chi connectivity index (χ4v) is 5.40. The van der Waals surface area contributed by atoms with E-state index in [0.29, 0.717) is 30.8 Å². The van der Waals surface area contributed by atoms with Crippen molar-refractivity contribution < 1.29 is 23.8 Å². The van der Waals surface area contributed by atoms with Gasteiger partial charge in [0.2, 0.25) is 0 Å². The molecular weight excluding hydrogens is 356 g/mol. The van der Waals surface area contributed by atoms with Crippen molar-refractivity contribution in [3.8, 4) is 0 Å². The molecular formula is C23H28O5. The maximum atomic E-state index is 13.5. The molecule has 1 saturated heterocycles. The molecule has 3 atom stereocenters. The molecule has 150 valence electrons. The van der Waals surface area contributed by atoms with E-state index in [4.69, 9.17) is 14.2 Å². The highest BCUT2D eigenvalue weighted by Gasteiger charge is 2.60. The molecule has 0 N–H and O–H groups in total. The number of Topliss-reactive ketones (excluding diaryl/α,β-unsaturated/α-hetero) is 1. The number of rotatable bonds is 2. The van der Waals surface area contributed by atoms with Gasteiger partial charge in [0.15, 0.2) is 11.6 Å². The lowest BCUT2D eigenvalue weighted by molar-refractivity contribution is -0.161. The normalized spacial score (nSPS) is 31.0. The lowest BCUT2D eigenvalue weighted by Crippen LogP contribution is -2.32. The van der Waals surface area contributed by atoms with Crippen molar-refractivity contribution in [3.05, 3.63) is 40.1 Å². The van der Waals surface area contributed by atoms with Crippen molar-refractivity contribution in [2.45, 2.75) is 65.8 Å². The summed E-state index contributed by atoms with van der Waals surface area (Å²) in [5.41, 5.74) is 4.20. The Bertz CT molecular complexity index is 887. The smallest absolute Gasteiger partial charge is 0.307 e. The maximum absolute atomic E-state index is 13.5. The van der Waals surface area contributed by atoms with Gasteiger partial charge in [0.1, 0.15) is 5.76 Å². The van der Waals surface area contributed by atoms with Crippen LogP contribution in [0.2, 0.25) is 0 Å². The van der Waals surface area contributed by atoms with Gasteiger partial charge in [-0.2, -0.15) is 0 Å². The zero-order valence-corrected chi connectivity index (χ0v) is 17.5. The molecule has 1 aromatic rings. The highest BCUT2D eigenvalue weighted by Crippen LogP contribution is 2.56. The topological polar surface area (TPSA) is 61.8 Å². The molecule has 5 heteroatoms. The highest BCUT2D eigenvalue weighted by atomic mass is 16.8. The summed E-state index contributed by atoms with van der Waals surface area (Å²) in [5, 5.41) is 0. The number of hydrogen-bond donors (Lipinski definition) is 0. The van der Waals surface area contributed by atoms with E-state index in [1.54, 1.807) is 0 Å². The second-order valence-electron chi connectivity index (χ2n) is 9.07. The second-order valence-corrected chi connectivity index (χ2v) is 9.07. The molecule has 2 fully saturated rings. The minimum Gasteiger partial charge on any atom is -0.430 e. The number of fused-ring (bicyclic) bond motifs is 1. The Morgan fingerprint density at radius 2 is 1.71 bits per heavy atom. The lowest BCUT2D eigenvalue weighted by atomic mass is 9.89. The van der Waals surface area contributed by atoms with Crippen molar-refractivity contribution in [2.24, 2.45) is 11.8 Å². The first-order valence-corrected chi connectivity index (χ1v) is 9.91. The highest BCUT2D eigenvalue weighted by molar-refractivity contribution is 6.26. The predicted octanol–water partition coefficient (Wildman–Crippen LogP) is 4.02. The summed E-state index contributed by atoms with van der Waals surface area (Å²) in [7, 11) is 0. The van der Waals surface area contributed by atoms with Crippen LogP contribution >= 0.6 is 0 Å². The molecule has 0 aromatic heterocycles. The van der Waals surface area contributed by atoms with E-state index in [0.717, 1.165) is 22.3 Å². The third kappa shape index (κ3) is 3.01. The summed E-state index contributed by atoms with van der Waals surface area (Å²) in [4.78, 5) is 25.4. The maximum Gasteiger partial charge on any atom is 0.307 e. The van der Waals surface area contributed by atoms with Gasteiger partial charge in [-0.15, -0.1) is 0 Å². The van der Waals surface area contributed by atoms with E-state index in [9.17, 15) is 9.59 Å². The van der Waals surface area contributed by atoms with Crippen molar-refractivity contribution in [1.82, 2.24) is 0 Å². The van der Waals surface area contributed by atoms with Crippen LogP contribution in [0.15, 0.2) is 17.9 Å². The predicted molar refractivity (Wildman–Crippen MR) is 104 cm³/mol. The Morgan fingerprint density at radius 3 is 2.25 bits per heavy atom. The molecule has 2 aliphatic carbocycles. The van der Waals surface area contributed by atoms with Gasteiger partial charge < -0.3 is 14.2 Å². The van der Waals surface area contributed by atoms with E-state index in [1.165, 1.54) is 6.92 Å². The van der Waals surface area contributed by atoms with Crippen LogP contribution in [-0.2, 0) is 23.8 Å². The molecule has 1 saturated carbocycles. The number of hydrogen-bond acceptors (Lipinski definition) is 5. The van der Waals surface area contributed by atoms with E-state index < -0.39 is 17.4 Å². The average Bonchev–Trinajstić information content (AvgIpc) is 3.14. The van der Waals surface area contributed by atoms with Crippen molar-refractivity contribution in [2.75, 3.05) is 6.61 Å². The first-order chi connectivity index (χ1) is 13.0. The van der Waals surface area contributed by atoms with Gasteiger partial charge in [-0.05, 0) is 64.2 Å². The summed E-state index contributed by atoms with van der Waals surface area (Å²) in [6, 6.07) is 4.14. The van der Waals surface area contributed by atoms with Gasteiger partial charge in [0, 0.05) is 18.8 Å². The fraction of sp³-hybridized carbons (Fsp3) is 0.565. The average molecular weight is 384 g/mol. The molecule has 1 aliphatic heterocycles. The van der Waals surface area contributed by atoms with Crippen LogP contribution in [-0.4, -0.2) is 29.7 Å². The molecule has 3 aliphatic rings. The number of carbonyl (C=O) groups is 2. The minimum absolute atomic E-state index is 0.0569. The summed E-state index contributed by atoms with van der Waals surface area (Å²) in [6.07, 6.45) is 1.22. The molecule has 1 aromatic carbocycles. The molecule has 0 bridgehead atoms. The molecule has 0 radical (unpaired) electrons. The summed E-state index contributed by atoms with van der Waals surface area (Å²) < 4.78 is 17.7. The van der Waals surface area contributed by atoms with E-state index >= 15 is 0 Å². The van der Waals surface area contributed by atoms with Gasteiger partial charge >= 0.3 is 5.97 Å². The second kappa shape index (κ2) is 6.26. The molecule has 28 heavy (non-hydrogen) atoms. The van der Waals surface area contributed by atoms with Gasteiger partial charge in [-0.3, -0.25) is 9.59 Å². The van der Waals surface area contributed by atoms with Crippen LogP contribution in [0.1, 0.15) is 55.9 Å². The van der Waals surface area contributed by atoms with Crippen LogP contribution in [0, 0.1) is 32.6 Å². The third-order valence-corrected chi connectivity index (χ3v) is 6.16. The zero-order chi connectivity index (χ0) is 20.4. The molecule has 3 unspecified atom stereocenters. The van der Waals surface area contributed by atoms with Crippen molar-refractivity contribution >= 4 is 17.3 Å². The van der Waals surface area contributed by atoms with Gasteiger partial charge in [-0.25, -0.2) is 0 Å². The zero-order valence-electron chi connectivity index (χ0n) is 17.5. The van der Waals surface area contributed by atoms with Crippen LogP contribution in [0.4, 0.5) is 0 Å². The Hall–Kier alpha value is -1.98. The van der Waals surface area contributed by atoms with Crippen LogP contribution in [0.3, 0.4) is 0 Å². The van der Waals surface area contributed by atoms with Crippen LogP contribution < -0.4 is 0 Å². The Balaban J connectivity index is 1.80. The number of benzene rings is 1. The van der Waals surface area contributed by atoms with E-state index in [2.05, 4.69) is 12.1 Å². The van der Waals surface area contributed by atoms with Gasteiger partial charge in [0.05, 0.1) is 17.8 Å². The van der Waals surface area contributed by atoms with Crippen LogP contribution in [0.25, 0.3) is 5.57 Å². The quantitative estimate of drug-likeness (QED) is 0.721. The van der Waals surface area contributed by atoms with Gasteiger partial charge in [0.25, 0.3) is 0 Å². The van der Waals surface area contributed by atoms with Crippen molar-refractivity contribution in [3.63, 3.8) is 0 Å². The molecule has 1 heterocycles.